The highest BCUT2D eigenvalue weighted by atomic mass is 16.5. The topological polar surface area (TPSA) is 46.5 Å². The Labute approximate surface area is 127 Å². The van der Waals surface area contributed by atoms with Gasteiger partial charge >= 0.3 is 5.97 Å². The molecule has 3 heteroatoms. The summed E-state index contributed by atoms with van der Waals surface area (Å²) in [6, 6.07) is 4.17. The van der Waals surface area contributed by atoms with E-state index in [0.29, 0.717) is 13.0 Å². The third-order valence-corrected chi connectivity index (χ3v) is 3.69. The lowest BCUT2D eigenvalue weighted by Crippen LogP contribution is -2.24. The van der Waals surface area contributed by atoms with E-state index < -0.39 is 11.4 Å². The van der Waals surface area contributed by atoms with Crippen molar-refractivity contribution in [3.8, 4) is 5.75 Å². The first kappa shape index (κ1) is 17.3. The molecule has 1 rings (SSSR count). The number of hydrogen-bond donors (Lipinski definition) is 1. The minimum Gasteiger partial charge on any atom is -0.493 e. The van der Waals surface area contributed by atoms with E-state index in [4.69, 9.17) is 9.84 Å². The zero-order valence-corrected chi connectivity index (χ0v) is 13.7. The molecular formula is C18H26O3. The van der Waals surface area contributed by atoms with Gasteiger partial charge in [-0.25, -0.2) is 0 Å². The molecule has 0 amide bonds. The third kappa shape index (κ3) is 4.92. The van der Waals surface area contributed by atoms with Crippen molar-refractivity contribution < 1.29 is 14.6 Å². The minimum atomic E-state index is -0.759. The highest BCUT2D eigenvalue weighted by molar-refractivity contribution is 5.73. The van der Waals surface area contributed by atoms with Crippen LogP contribution in [0.1, 0.15) is 50.3 Å². The van der Waals surface area contributed by atoms with E-state index in [1.54, 1.807) is 13.8 Å². The van der Waals surface area contributed by atoms with Gasteiger partial charge < -0.3 is 9.84 Å². The molecule has 0 saturated carbocycles. The fraction of sp³-hybridized carbons (Fsp3) is 0.500. The Morgan fingerprint density at radius 1 is 1.29 bits per heavy atom. The summed E-state index contributed by atoms with van der Waals surface area (Å²) >= 11 is 0. The number of carboxylic acid groups (broad SMARTS) is 1. The van der Waals surface area contributed by atoms with Crippen LogP contribution in [-0.4, -0.2) is 17.7 Å². The molecule has 1 aromatic carbocycles. The smallest absolute Gasteiger partial charge is 0.309 e. The molecule has 0 aromatic heterocycles. The Kier molecular flexibility index (Phi) is 6.01. The van der Waals surface area contributed by atoms with Gasteiger partial charge in [0.15, 0.2) is 0 Å². The van der Waals surface area contributed by atoms with E-state index in [2.05, 4.69) is 19.1 Å². The molecule has 0 saturated heterocycles. The maximum Gasteiger partial charge on any atom is 0.309 e. The first-order valence-electron chi connectivity index (χ1n) is 7.38. The summed E-state index contributed by atoms with van der Waals surface area (Å²) in [5.41, 5.74) is 2.80. The zero-order chi connectivity index (χ0) is 16.0. The van der Waals surface area contributed by atoms with Crippen molar-refractivity contribution in [1.82, 2.24) is 0 Å². The van der Waals surface area contributed by atoms with E-state index in [0.717, 1.165) is 17.7 Å². The van der Waals surface area contributed by atoms with Gasteiger partial charge in [0, 0.05) is 0 Å². The van der Waals surface area contributed by atoms with Crippen LogP contribution >= 0.6 is 0 Å². The van der Waals surface area contributed by atoms with Gasteiger partial charge in [0.25, 0.3) is 0 Å². The number of hydrogen-bond acceptors (Lipinski definition) is 2. The predicted molar refractivity (Wildman–Crippen MR) is 86.8 cm³/mol. The normalized spacial score (nSPS) is 11.9. The fourth-order valence-electron chi connectivity index (χ4n) is 2.13. The summed E-state index contributed by atoms with van der Waals surface area (Å²) in [4.78, 5) is 11.0. The van der Waals surface area contributed by atoms with Gasteiger partial charge in [-0.05, 0) is 76.3 Å². The number of aryl methyl sites for hydroxylation is 2. The van der Waals surface area contributed by atoms with Gasteiger partial charge in [-0.15, -0.1) is 0 Å². The summed E-state index contributed by atoms with van der Waals surface area (Å²) in [6.07, 6.45) is 5.45. The summed E-state index contributed by atoms with van der Waals surface area (Å²) in [6.45, 7) is 10.1. The van der Waals surface area contributed by atoms with Crippen molar-refractivity contribution in [3.63, 3.8) is 0 Å². The van der Waals surface area contributed by atoms with Crippen molar-refractivity contribution >= 4 is 12.0 Å². The Balaban J connectivity index is 2.61. The number of allylic oxidation sites excluding steroid dienone is 1. The van der Waals surface area contributed by atoms with Gasteiger partial charge in [0.1, 0.15) is 5.75 Å². The van der Waals surface area contributed by atoms with Crippen molar-refractivity contribution in [2.45, 2.75) is 47.5 Å². The quantitative estimate of drug-likeness (QED) is 0.746. The lowest BCUT2D eigenvalue weighted by Gasteiger charge is -2.19. The molecular weight excluding hydrogens is 264 g/mol. The predicted octanol–water partition coefficient (Wildman–Crippen LogP) is 4.61. The zero-order valence-electron chi connectivity index (χ0n) is 13.7. The first-order valence-corrected chi connectivity index (χ1v) is 7.38. The van der Waals surface area contributed by atoms with Gasteiger partial charge in [-0.1, -0.05) is 12.2 Å². The second-order valence-corrected chi connectivity index (χ2v) is 6.12. The molecule has 3 nitrogen and oxygen atoms in total. The molecule has 0 radical (unpaired) electrons. The number of benzene rings is 1. The number of aliphatic carboxylic acids is 1. The second-order valence-electron chi connectivity index (χ2n) is 6.12. The SMILES string of the molecule is CC=Cc1cc(C)c(OCCCC(C)(C)C(=O)O)cc1C. The third-order valence-electron chi connectivity index (χ3n) is 3.69. The van der Waals surface area contributed by atoms with Gasteiger partial charge in [-0.2, -0.15) is 0 Å². The molecule has 21 heavy (non-hydrogen) atoms. The van der Waals surface area contributed by atoms with Gasteiger partial charge in [0.05, 0.1) is 12.0 Å². The Hall–Kier alpha value is -1.77. The van der Waals surface area contributed by atoms with Crippen LogP contribution in [0.5, 0.6) is 5.75 Å². The number of rotatable bonds is 7. The van der Waals surface area contributed by atoms with Crippen LogP contribution in [0.3, 0.4) is 0 Å². The second kappa shape index (κ2) is 7.30. The number of carboxylic acids is 1. The van der Waals surface area contributed by atoms with Gasteiger partial charge in [-0.3, -0.25) is 4.79 Å². The van der Waals surface area contributed by atoms with Crippen molar-refractivity contribution in [1.29, 1.82) is 0 Å². The maximum atomic E-state index is 11.0. The summed E-state index contributed by atoms with van der Waals surface area (Å²) in [7, 11) is 0. The molecule has 0 unspecified atom stereocenters. The Morgan fingerprint density at radius 2 is 1.95 bits per heavy atom. The largest absolute Gasteiger partial charge is 0.493 e. The molecule has 1 N–H and O–H groups in total. The highest BCUT2D eigenvalue weighted by Crippen LogP contribution is 2.26. The molecule has 116 valence electrons. The Morgan fingerprint density at radius 3 is 2.52 bits per heavy atom. The van der Waals surface area contributed by atoms with E-state index in [1.807, 2.05) is 26.0 Å². The van der Waals surface area contributed by atoms with E-state index in [1.165, 1.54) is 11.1 Å². The summed E-state index contributed by atoms with van der Waals surface area (Å²) in [5.74, 6) is 0.124. The van der Waals surface area contributed by atoms with Crippen LogP contribution in [0.25, 0.3) is 6.08 Å². The lowest BCUT2D eigenvalue weighted by molar-refractivity contribution is -0.147. The average Bonchev–Trinajstić information content (AvgIpc) is 2.39. The van der Waals surface area contributed by atoms with Gasteiger partial charge in [0.2, 0.25) is 0 Å². The highest BCUT2D eigenvalue weighted by Gasteiger charge is 2.26. The van der Waals surface area contributed by atoms with Crippen LogP contribution in [0.15, 0.2) is 18.2 Å². The van der Waals surface area contributed by atoms with Crippen molar-refractivity contribution in [2.75, 3.05) is 6.61 Å². The Bertz CT molecular complexity index is 528. The molecule has 1 aromatic rings. The monoisotopic (exact) mass is 290 g/mol. The van der Waals surface area contributed by atoms with Crippen LogP contribution in [-0.2, 0) is 4.79 Å². The lowest BCUT2D eigenvalue weighted by atomic mass is 9.88. The van der Waals surface area contributed by atoms with Crippen LogP contribution in [0.2, 0.25) is 0 Å². The molecule has 0 fully saturated rings. The van der Waals surface area contributed by atoms with Crippen LogP contribution in [0, 0.1) is 19.3 Å². The number of carbonyl (C=O) groups is 1. The molecule has 0 atom stereocenters. The van der Waals surface area contributed by atoms with Crippen molar-refractivity contribution in [3.05, 3.63) is 34.9 Å². The van der Waals surface area contributed by atoms with Crippen molar-refractivity contribution in [2.24, 2.45) is 5.41 Å². The molecule has 0 spiro atoms. The van der Waals surface area contributed by atoms with Crippen LogP contribution in [0.4, 0.5) is 0 Å². The molecule has 0 aliphatic heterocycles. The summed E-state index contributed by atoms with van der Waals surface area (Å²) < 4.78 is 5.81. The van der Waals surface area contributed by atoms with E-state index in [9.17, 15) is 4.79 Å². The fourth-order valence-corrected chi connectivity index (χ4v) is 2.13. The molecule has 0 aliphatic rings. The van der Waals surface area contributed by atoms with Crippen LogP contribution < -0.4 is 4.74 Å². The molecule has 0 bridgehead atoms. The molecule has 0 aliphatic carbocycles. The maximum absolute atomic E-state index is 11.0. The van der Waals surface area contributed by atoms with E-state index >= 15 is 0 Å². The minimum absolute atomic E-state index is 0.542. The number of ether oxygens (including phenoxy) is 1. The van der Waals surface area contributed by atoms with E-state index in [-0.39, 0.29) is 0 Å². The average molecular weight is 290 g/mol. The summed E-state index contributed by atoms with van der Waals surface area (Å²) in [5, 5.41) is 9.07. The molecule has 0 heterocycles. The standard InChI is InChI=1S/C18H26O3/c1-6-8-15-11-14(3)16(12-13(15)2)21-10-7-9-18(4,5)17(19)20/h6,8,11-12H,7,9-10H2,1-5H3,(H,19,20). The first-order chi connectivity index (χ1) is 9.77.